The van der Waals surface area contributed by atoms with Crippen molar-refractivity contribution in [2.75, 3.05) is 17.2 Å². The molecule has 0 atom stereocenters. The molecule has 1 aromatic heterocycles. The third-order valence-electron chi connectivity index (χ3n) is 4.16. The number of aromatic nitrogens is 2. The highest BCUT2D eigenvalue weighted by Crippen LogP contribution is 2.30. The Kier molecular flexibility index (Phi) is 4.69. The minimum Gasteiger partial charge on any atom is -0.492 e. The number of hydrogen-bond acceptors (Lipinski definition) is 5. The van der Waals surface area contributed by atoms with E-state index in [0.29, 0.717) is 18.6 Å². The van der Waals surface area contributed by atoms with Gasteiger partial charge in [-0.1, -0.05) is 42.5 Å². The van der Waals surface area contributed by atoms with Gasteiger partial charge < -0.3 is 15.4 Å². The van der Waals surface area contributed by atoms with E-state index in [4.69, 9.17) is 9.72 Å². The zero-order chi connectivity index (χ0) is 17.8. The van der Waals surface area contributed by atoms with E-state index in [1.54, 1.807) is 0 Å². The van der Waals surface area contributed by atoms with Crippen LogP contribution < -0.4 is 15.4 Å². The van der Waals surface area contributed by atoms with Crippen LogP contribution in [0.3, 0.4) is 0 Å². The number of hydrogen-bond donors (Lipinski definition) is 2. The largest absolute Gasteiger partial charge is 0.492 e. The smallest absolute Gasteiger partial charge is 0.229 e. The first-order valence-corrected chi connectivity index (χ1v) is 9.01. The van der Waals surface area contributed by atoms with Gasteiger partial charge in [-0.2, -0.15) is 4.98 Å². The van der Waals surface area contributed by atoms with Crippen molar-refractivity contribution < 1.29 is 4.74 Å². The van der Waals surface area contributed by atoms with Crippen LogP contribution in [0.15, 0.2) is 60.7 Å². The molecule has 2 N–H and O–H groups in total. The molecule has 0 amide bonds. The fourth-order valence-corrected chi connectivity index (χ4v) is 2.74. The number of rotatable bonds is 7. The van der Waals surface area contributed by atoms with Gasteiger partial charge in [-0.05, 0) is 31.9 Å². The topological polar surface area (TPSA) is 59.1 Å². The molecule has 132 valence electrons. The molecule has 0 aliphatic heterocycles. The summed E-state index contributed by atoms with van der Waals surface area (Å²) in [5, 5.41) is 6.78. The standard InChI is InChI=1S/C21H22N4O/c1-2-26-19-11-7-6-10-17(19)23-21-24-18(15-8-4-3-5-9-15)14-20(25-21)22-16-12-13-16/h3-11,14,16H,2,12-13H2,1H3,(H2,22,23,24,25). The monoisotopic (exact) mass is 346 g/mol. The quantitative estimate of drug-likeness (QED) is 0.640. The Morgan fingerprint density at radius 1 is 1.00 bits per heavy atom. The molecular formula is C21H22N4O. The Balaban J connectivity index is 1.68. The maximum absolute atomic E-state index is 5.70. The summed E-state index contributed by atoms with van der Waals surface area (Å²) in [6.07, 6.45) is 2.39. The summed E-state index contributed by atoms with van der Waals surface area (Å²) >= 11 is 0. The van der Waals surface area contributed by atoms with Gasteiger partial charge >= 0.3 is 0 Å². The number of ether oxygens (including phenoxy) is 1. The lowest BCUT2D eigenvalue weighted by atomic mass is 10.1. The van der Waals surface area contributed by atoms with E-state index in [-0.39, 0.29) is 0 Å². The van der Waals surface area contributed by atoms with Gasteiger partial charge in [-0.3, -0.25) is 0 Å². The molecular weight excluding hydrogens is 324 g/mol. The van der Waals surface area contributed by atoms with Crippen molar-refractivity contribution in [3.05, 3.63) is 60.7 Å². The Hall–Kier alpha value is -3.08. The summed E-state index contributed by atoms with van der Waals surface area (Å²) in [4.78, 5) is 9.36. The van der Waals surface area contributed by atoms with Crippen molar-refractivity contribution in [1.82, 2.24) is 9.97 Å². The molecule has 2 aromatic carbocycles. The minimum atomic E-state index is 0.525. The van der Waals surface area contributed by atoms with E-state index in [1.165, 1.54) is 12.8 Å². The van der Waals surface area contributed by atoms with Crippen molar-refractivity contribution in [2.24, 2.45) is 0 Å². The van der Waals surface area contributed by atoms with Crippen LogP contribution in [0.4, 0.5) is 17.5 Å². The fourth-order valence-electron chi connectivity index (χ4n) is 2.74. The lowest BCUT2D eigenvalue weighted by molar-refractivity contribution is 0.342. The molecule has 1 heterocycles. The van der Waals surface area contributed by atoms with Gasteiger partial charge in [0.1, 0.15) is 11.6 Å². The van der Waals surface area contributed by atoms with Gasteiger partial charge in [-0.25, -0.2) is 4.98 Å². The summed E-state index contributed by atoms with van der Waals surface area (Å²) < 4.78 is 5.70. The number of para-hydroxylation sites is 2. The zero-order valence-electron chi connectivity index (χ0n) is 14.8. The zero-order valence-corrected chi connectivity index (χ0v) is 14.8. The van der Waals surface area contributed by atoms with Gasteiger partial charge in [0.15, 0.2) is 0 Å². The van der Waals surface area contributed by atoms with Crippen LogP contribution in [0.2, 0.25) is 0 Å². The highest BCUT2D eigenvalue weighted by atomic mass is 16.5. The Bertz CT molecular complexity index is 878. The fraction of sp³-hybridized carbons (Fsp3) is 0.238. The molecule has 1 fully saturated rings. The van der Waals surface area contributed by atoms with E-state index in [9.17, 15) is 0 Å². The molecule has 0 bridgehead atoms. The Morgan fingerprint density at radius 2 is 1.77 bits per heavy atom. The lowest BCUT2D eigenvalue weighted by Gasteiger charge is -2.13. The van der Waals surface area contributed by atoms with Crippen LogP contribution in [0.1, 0.15) is 19.8 Å². The van der Waals surface area contributed by atoms with E-state index >= 15 is 0 Å². The van der Waals surface area contributed by atoms with Crippen LogP contribution in [-0.4, -0.2) is 22.6 Å². The first-order chi connectivity index (χ1) is 12.8. The SMILES string of the molecule is CCOc1ccccc1Nc1nc(NC2CC2)cc(-c2ccccc2)n1. The number of benzene rings is 2. The van der Waals surface area contributed by atoms with Crippen LogP contribution in [0.5, 0.6) is 5.75 Å². The van der Waals surface area contributed by atoms with Gasteiger partial charge in [0.25, 0.3) is 0 Å². The Morgan fingerprint density at radius 3 is 2.54 bits per heavy atom. The van der Waals surface area contributed by atoms with Crippen molar-refractivity contribution >= 4 is 17.5 Å². The first-order valence-electron chi connectivity index (χ1n) is 9.01. The molecule has 1 aliphatic rings. The molecule has 5 nitrogen and oxygen atoms in total. The molecule has 5 heteroatoms. The third kappa shape index (κ3) is 3.94. The van der Waals surface area contributed by atoms with E-state index < -0.39 is 0 Å². The summed E-state index contributed by atoms with van der Waals surface area (Å²) in [6.45, 7) is 2.58. The summed E-state index contributed by atoms with van der Waals surface area (Å²) in [6, 6.07) is 20.5. The number of anilines is 3. The van der Waals surface area contributed by atoms with Gasteiger partial charge in [0.05, 0.1) is 18.0 Å². The van der Waals surface area contributed by atoms with Gasteiger partial charge in [0.2, 0.25) is 5.95 Å². The summed E-state index contributed by atoms with van der Waals surface area (Å²) in [7, 11) is 0. The predicted octanol–water partition coefficient (Wildman–Crippen LogP) is 4.86. The van der Waals surface area contributed by atoms with E-state index in [1.807, 2.05) is 55.5 Å². The molecule has 4 rings (SSSR count). The molecule has 1 saturated carbocycles. The van der Waals surface area contributed by atoms with Crippen LogP contribution >= 0.6 is 0 Å². The second-order valence-corrected chi connectivity index (χ2v) is 6.30. The number of nitrogens with zero attached hydrogens (tertiary/aromatic N) is 2. The van der Waals surface area contributed by atoms with Crippen molar-refractivity contribution in [2.45, 2.75) is 25.8 Å². The maximum Gasteiger partial charge on any atom is 0.229 e. The predicted molar refractivity (Wildman–Crippen MR) is 105 cm³/mol. The number of nitrogens with one attached hydrogen (secondary N) is 2. The summed E-state index contributed by atoms with van der Waals surface area (Å²) in [5.41, 5.74) is 2.81. The third-order valence-corrected chi connectivity index (χ3v) is 4.16. The average Bonchev–Trinajstić information content (AvgIpc) is 3.48. The molecule has 3 aromatic rings. The Labute approximate surface area is 153 Å². The van der Waals surface area contributed by atoms with Crippen molar-refractivity contribution in [3.63, 3.8) is 0 Å². The van der Waals surface area contributed by atoms with Crippen molar-refractivity contribution in [1.29, 1.82) is 0 Å². The lowest BCUT2D eigenvalue weighted by Crippen LogP contribution is -2.07. The summed E-state index contributed by atoms with van der Waals surface area (Å²) in [5.74, 6) is 2.19. The van der Waals surface area contributed by atoms with Gasteiger partial charge in [0, 0.05) is 17.7 Å². The van der Waals surface area contributed by atoms with Crippen LogP contribution in [0.25, 0.3) is 11.3 Å². The molecule has 0 radical (unpaired) electrons. The second kappa shape index (κ2) is 7.44. The minimum absolute atomic E-state index is 0.525. The maximum atomic E-state index is 5.70. The molecule has 0 saturated heterocycles. The normalized spacial score (nSPS) is 13.3. The average molecular weight is 346 g/mol. The van der Waals surface area contributed by atoms with Crippen molar-refractivity contribution in [3.8, 4) is 17.0 Å². The molecule has 1 aliphatic carbocycles. The van der Waals surface area contributed by atoms with E-state index in [2.05, 4.69) is 27.8 Å². The second-order valence-electron chi connectivity index (χ2n) is 6.30. The molecule has 26 heavy (non-hydrogen) atoms. The molecule has 0 unspecified atom stereocenters. The first kappa shape index (κ1) is 16.4. The molecule has 0 spiro atoms. The highest BCUT2D eigenvalue weighted by Gasteiger charge is 2.22. The highest BCUT2D eigenvalue weighted by molar-refractivity contribution is 5.68. The van der Waals surface area contributed by atoms with Crippen LogP contribution in [-0.2, 0) is 0 Å². The van der Waals surface area contributed by atoms with E-state index in [0.717, 1.165) is 28.5 Å². The van der Waals surface area contributed by atoms with Crippen LogP contribution in [0, 0.1) is 0 Å². The van der Waals surface area contributed by atoms with Gasteiger partial charge in [-0.15, -0.1) is 0 Å².